The molecule has 1 aromatic carbocycles. The van der Waals surface area contributed by atoms with Crippen LogP contribution in [0.1, 0.15) is 39.7 Å². The van der Waals surface area contributed by atoms with Crippen LogP contribution in [0.25, 0.3) is 0 Å². The van der Waals surface area contributed by atoms with E-state index in [4.69, 9.17) is 5.73 Å². The number of nitrogens with two attached hydrogens (primary N) is 1. The van der Waals surface area contributed by atoms with E-state index in [-0.39, 0.29) is 5.37 Å². The second-order valence-corrected chi connectivity index (χ2v) is 10.3. The predicted octanol–water partition coefficient (Wildman–Crippen LogP) is 7.67. The van der Waals surface area contributed by atoms with Gasteiger partial charge < -0.3 is 16.0 Å². The SMILES string of the molecule is C=C1/C(C)=C(\C=C/C)/C=C\C=C/N/C2=C(C)/C=C\C3=C(C)CC(=C3SC2N)N1c1ccccc1C. The van der Waals surface area contributed by atoms with Crippen LogP contribution in [0.4, 0.5) is 5.69 Å². The van der Waals surface area contributed by atoms with Gasteiger partial charge in [0.1, 0.15) is 0 Å². The van der Waals surface area contributed by atoms with E-state index in [9.17, 15) is 0 Å². The van der Waals surface area contributed by atoms with E-state index in [2.05, 4.69) is 105 Å². The van der Waals surface area contributed by atoms with Gasteiger partial charge in [-0.15, -0.1) is 0 Å². The molecule has 2 bridgehead atoms. The number of benzene rings is 1. The van der Waals surface area contributed by atoms with Crippen molar-refractivity contribution in [3.8, 4) is 0 Å². The van der Waals surface area contributed by atoms with Crippen LogP contribution in [0.3, 0.4) is 0 Å². The summed E-state index contributed by atoms with van der Waals surface area (Å²) in [4.78, 5) is 3.58. The van der Waals surface area contributed by atoms with Gasteiger partial charge in [-0.3, -0.25) is 0 Å². The lowest BCUT2D eigenvalue weighted by atomic mass is 10.0. The van der Waals surface area contributed by atoms with Gasteiger partial charge in [0.05, 0.1) is 5.37 Å². The number of fused-ring (bicyclic) bond motifs is 2. The van der Waals surface area contributed by atoms with E-state index in [1.54, 1.807) is 11.8 Å². The number of aryl methyl sites for hydroxylation is 1. The van der Waals surface area contributed by atoms with Crippen LogP contribution in [0, 0.1) is 6.92 Å². The van der Waals surface area contributed by atoms with Gasteiger partial charge in [0, 0.05) is 40.3 Å². The van der Waals surface area contributed by atoms with E-state index in [1.807, 2.05) is 19.2 Å². The highest BCUT2D eigenvalue weighted by atomic mass is 32.2. The molecule has 0 radical (unpaired) electrons. The first-order valence-corrected chi connectivity index (χ1v) is 12.9. The average Bonchev–Trinajstić information content (AvgIpc) is 3.12. The lowest BCUT2D eigenvalue weighted by molar-refractivity contribution is 0.910. The number of anilines is 1. The van der Waals surface area contributed by atoms with Gasteiger partial charge in [0.2, 0.25) is 0 Å². The van der Waals surface area contributed by atoms with E-state index in [1.165, 1.54) is 27.3 Å². The first kappa shape index (κ1) is 24.9. The summed E-state index contributed by atoms with van der Waals surface area (Å²) in [5.41, 5.74) is 18.4. The lowest BCUT2D eigenvalue weighted by Gasteiger charge is -2.33. The molecule has 2 heterocycles. The number of rotatable bonds is 2. The lowest BCUT2D eigenvalue weighted by Crippen LogP contribution is -2.29. The Morgan fingerprint density at radius 2 is 1.86 bits per heavy atom. The number of hydrogen-bond donors (Lipinski definition) is 2. The zero-order chi connectivity index (χ0) is 25.1. The van der Waals surface area contributed by atoms with Crippen molar-refractivity contribution in [1.82, 2.24) is 5.32 Å². The third-order valence-electron chi connectivity index (χ3n) is 6.68. The molecule has 0 saturated heterocycles. The topological polar surface area (TPSA) is 41.3 Å². The van der Waals surface area contributed by atoms with Crippen LogP contribution >= 0.6 is 11.8 Å². The van der Waals surface area contributed by atoms with Crippen LogP contribution in [0.15, 0.2) is 129 Å². The Labute approximate surface area is 214 Å². The van der Waals surface area contributed by atoms with Crippen LogP contribution in [-0.2, 0) is 0 Å². The average molecular weight is 482 g/mol. The minimum absolute atomic E-state index is 0.218. The van der Waals surface area contributed by atoms with Gasteiger partial charge in [-0.2, -0.15) is 0 Å². The third-order valence-corrected chi connectivity index (χ3v) is 7.86. The van der Waals surface area contributed by atoms with Gasteiger partial charge in [0.15, 0.2) is 0 Å². The van der Waals surface area contributed by atoms with Gasteiger partial charge >= 0.3 is 0 Å². The summed E-state index contributed by atoms with van der Waals surface area (Å²) >= 11 is 1.72. The monoisotopic (exact) mass is 481 g/mol. The summed E-state index contributed by atoms with van der Waals surface area (Å²) in [6, 6.07) is 8.54. The van der Waals surface area contributed by atoms with Crippen LogP contribution in [-0.4, -0.2) is 5.37 Å². The fraction of sp³-hybridized carbons (Fsp3) is 0.226. The number of para-hydroxylation sites is 1. The molecule has 3 nitrogen and oxygen atoms in total. The fourth-order valence-corrected chi connectivity index (χ4v) is 5.94. The molecule has 0 amide bonds. The Hall–Kier alpha value is -3.21. The van der Waals surface area contributed by atoms with Crippen molar-refractivity contribution in [2.75, 3.05) is 4.90 Å². The highest BCUT2D eigenvalue weighted by molar-refractivity contribution is 8.04. The Morgan fingerprint density at radius 3 is 2.60 bits per heavy atom. The minimum Gasteiger partial charge on any atom is -0.363 e. The summed E-state index contributed by atoms with van der Waals surface area (Å²) < 4.78 is 0. The van der Waals surface area contributed by atoms with Crippen molar-refractivity contribution in [2.45, 2.75) is 46.4 Å². The molecule has 1 aromatic rings. The summed E-state index contributed by atoms with van der Waals surface area (Å²) in [6.07, 6.45) is 17.7. The minimum atomic E-state index is -0.218. The number of allylic oxidation sites excluding steroid dienone is 12. The maximum absolute atomic E-state index is 6.81. The van der Waals surface area contributed by atoms with Crippen molar-refractivity contribution < 1.29 is 0 Å². The molecule has 2 aliphatic heterocycles. The zero-order valence-electron chi connectivity index (χ0n) is 21.4. The van der Waals surface area contributed by atoms with E-state index < -0.39 is 0 Å². The molecule has 1 aliphatic carbocycles. The van der Waals surface area contributed by atoms with Crippen molar-refractivity contribution in [1.29, 1.82) is 0 Å². The molecule has 4 heteroatoms. The van der Waals surface area contributed by atoms with Crippen molar-refractivity contribution in [2.24, 2.45) is 5.73 Å². The molecule has 0 saturated carbocycles. The molecule has 1 atom stereocenters. The van der Waals surface area contributed by atoms with E-state index in [0.29, 0.717) is 0 Å². The highest BCUT2D eigenvalue weighted by Gasteiger charge is 2.31. The summed E-state index contributed by atoms with van der Waals surface area (Å²) in [5.74, 6) is 0. The van der Waals surface area contributed by atoms with Crippen LogP contribution < -0.4 is 16.0 Å². The zero-order valence-corrected chi connectivity index (χ0v) is 22.2. The first-order chi connectivity index (χ1) is 16.8. The van der Waals surface area contributed by atoms with Gasteiger partial charge in [0.25, 0.3) is 0 Å². The van der Waals surface area contributed by atoms with Gasteiger partial charge in [-0.05, 0) is 74.6 Å². The molecular formula is C31H35N3S. The molecule has 180 valence electrons. The highest BCUT2D eigenvalue weighted by Crippen LogP contribution is 2.47. The molecule has 0 fully saturated rings. The number of nitrogens with zero attached hydrogens (tertiary/aromatic N) is 1. The maximum atomic E-state index is 6.81. The number of thioether (sulfide) groups is 1. The summed E-state index contributed by atoms with van der Waals surface area (Å²) in [6.45, 7) is 15.4. The predicted molar refractivity (Wildman–Crippen MR) is 153 cm³/mol. The number of nitrogens with one attached hydrogen (secondary N) is 1. The molecule has 0 spiro atoms. The van der Waals surface area contributed by atoms with Crippen molar-refractivity contribution in [3.63, 3.8) is 0 Å². The Bertz CT molecular complexity index is 1290. The molecule has 35 heavy (non-hydrogen) atoms. The van der Waals surface area contributed by atoms with Gasteiger partial charge in [-0.1, -0.05) is 78.6 Å². The first-order valence-electron chi connectivity index (χ1n) is 12.1. The normalized spacial score (nSPS) is 28.2. The molecule has 3 aliphatic rings. The largest absolute Gasteiger partial charge is 0.363 e. The van der Waals surface area contributed by atoms with E-state index in [0.717, 1.165) is 40.2 Å². The fourth-order valence-electron chi connectivity index (χ4n) is 4.65. The van der Waals surface area contributed by atoms with E-state index >= 15 is 0 Å². The van der Waals surface area contributed by atoms with Crippen molar-refractivity contribution in [3.05, 3.63) is 135 Å². The second-order valence-electron chi connectivity index (χ2n) is 9.13. The quantitative estimate of drug-likeness (QED) is 0.455. The molecule has 3 N–H and O–H groups in total. The molecule has 4 rings (SSSR count). The third kappa shape index (κ3) is 4.95. The second kappa shape index (κ2) is 10.6. The summed E-state index contributed by atoms with van der Waals surface area (Å²) in [7, 11) is 0. The van der Waals surface area contributed by atoms with Crippen LogP contribution in [0.5, 0.6) is 0 Å². The van der Waals surface area contributed by atoms with Crippen molar-refractivity contribution >= 4 is 17.4 Å². The van der Waals surface area contributed by atoms with Crippen LogP contribution in [0.2, 0.25) is 0 Å². The number of hydrogen-bond acceptors (Lipinski definition) is 4. The maximum Gasteiger partial charge on any atom is 0.0965 e. The Kier molecular flexibility index (Phi) is 7.54. The molecule has 1 unspecified atom stereocenters. The molecular weight excluding hydrogens is 446 g/mol. The van der Waals surface area contributed by atoms with Gasteiger partial charge in [-0.25, -0.2) is 0 Å². The summed E-state index contributed by atoms with van der Waals surface area (Å²) in [5, 5.41) is 3.24. The Morgan fingerprint density at radius 1 is 1.09 bits per heavy atom. The Balaban J connectivity index is 2.03. The standard InChI is InChI=1S/C31H35N3S/c1-7-12-25-14-10-11-18-33-29-21(3)16-17-26-22(4)19-28(30(26)35-31(29)32)34(24(6)23(25)5)27-15-9-8-13-20(27)2/h7-18,31,33H,6,19,32H2,1-5H3/b12-7-,14-10-,17-16-,18-11-,25-23+,29-21+. The smallest absolute Gasteiger partial charge is 0.0965 e. The molecule has 0 aromatic heterocycles.